The van der Waals surface area contributed by atoms with Crippen LogP contribution in [0, 0.1) is 0 Å². The van der Waals surface area contributed by atoms with E-state index in [-0.39, 0.29) is 11.7 Å². The second kappa shape index (κ2) is 9.05. The molecule has 166 valence electrons. The van der Waals surface area contributed by atoms with Gasteiger partial charge in [0.15, 0.2) is 0 Å². The van der Waals surface area contributed by atoms with Gasteiger partial charge in [-0.3, -0.25) is 14.7 Å². The van der Waals surface area contributed by atoms with Crippen LogP contribution < -0.4 is 9.64 Å². The fraction of sp³-hybridized carbons (Fsp3) is 0.429. The Hall–Kier alpha value is -2.30. The van der Waals surface area contributed by atoms with Gasteiger partial charge in [-0.25, -0.2) is 0 Å². The number of hydrogen-bond acceptors (Lipinski definition) is 6. The van der Waals surface area contributed by atoms with E-state index in [4.69, 9.17) is 4.74 Å². The Morgan fingerprint density at radius 2 is 2.10 bits per heavy atom. The number of hydrogen-bond donors (Lipinski definition) is 0. The average Bonchev–Trinajstić information content (AvgIpc) is 2.73. The van der Waals surface area contributed by atoms with Gasteiger partial charge in [0.05, 0.1) is 36.5 Å². The Labute approximate surface area is 182 Å². The SMILES string of the molecule is CC1COCCN1CCN1C(=O)CSc2ccc(-c3ccc(OC(F)(F)F)cn3)cc21. The number of nitrogens with zero attached hydrogens (tertiary/aromatic N) is 3. The lowest BCUT2D eigenvalue weighted by molar-refractivity contribution is -0.274. The van der Waals surface area contributed by atoms with Gasteiger partial charge in [0.25, 0.3) is 0 Å². The number of thioether (sulfide) groups is 1. The molecule has 1 aromatic heterocycles. The van der Waals surface area contributed by atoms with Gasteiger partial charge in [0.1, 0.15) is 5.75 Å². The number of benzene rings is 1. The number of rotatable bonds is 5. The molecule has 0 aliphatic carbocycles. The van der Waals surface area contributed by atoms with E-state index < -0.39 is 6.36 Å². The molecule has 10 heteroatoms. The molecule has 0 spiro atoms. The van der Waals surface area contributed by atoms with Crippen LogP contribution in [0.4, 0.5) is 18.9 Å². The lowest BCUT2D eigenvalue weighted by Gasteiger charge is -2.36. The molecule has 1 atom stereocenters. The first kappa shape index (κ1) is 21.9. The van der Waals surface area contributed by atoms with Crippen LogP contribution in [0.15, 0.2) is 41.4 Å². The molecular weight excluding hydrogens is 431 g/mol. The average molecular weight is 453 g/mol. The van der Waals surface area contributed by atoms with Crippen molar-refractivity contribution < 1.29 is 27.4 Å². The number of carbonyl (C=O) groups excluding carboxylic acids is 1. The maximum absolute atomic E-state index is 12.7. The fourth-order valence-electron chi connectivity index (χ4n) is 3.67. The zero-order valence-corrected chi connectivity index (χ0v) is 17.7. The number of carbonyl (C=O) groups is 1. The summed E-state index contributed by atoms with van der Waals surface area (Å²) < 4.78 is 46.4. The van der Waals surface area contributed by atoms with Crippen molar-refractivity contribution in [3.05, 3.63) is 36.5 Å². The topological polar surface area (TPSA) is 54.9 Å². The van der Waals surface area contributed by atoms with Crippen molar-refractivity contribution in [2.45, 2.75) is 24.2 Å². The van der Waals surface area contributed by atoms with E-state index in [9.17, 15) is 18.0 Å². The minimum absolute atomic E-state index is 0.0393. The van der Waals surface area contributed by atoms with E-state index in [2.05, 4.69) is 21.5 Å². The van der Waals surface area contributed by atoms with Crippen LogP contribution >= 0.6 is 11.8 Å². The highest BCUT2D eigenvalue weighted by atomic mass is 32.2. The van der Waals surface area contributed by atoms with Crippen molar-refractivity contribution in [2.75, 3.05) is 43.5 Å². The van der Waals surface area contributed by atoms with Crippen LogP contribution in [0.1, 0.15) is 6.92 Å². The number of morpholine rings is 1. The molecule has 31 heavy (non-hydrogen) atoms. The van der Waals surface area contributed by atoms with Gasteiger partial charge >= 0.3 is 6.36 Å². The van der Waals surface area contributed by atoms with Crippen molar-refractivity contribution >= 4 is 23.4 Å². The van der Waals surface area contributed by atoms with Crippen molar-refractivity contribution in [2.24, 2.45) is 0 Å². The molecule has 1 unspecified atom stereocenters. The van der Waals surface area contributed by atoms with Gasteiger partial charge in [-0.1, -0.05) is 6.07 Å². The summed E-state index contributed by atoms with van der Waals surface area (Å²) in [4.78, 5) is 21.9. The predicted octanol–water partition coefficient (Wildman–Crippen LogP) is 3.81. The van der Waals surface area contributed by atoms with Gasteiger partial charge < -0.3 is 14.4 Å². The Balaban J connectivity index is 1.53. The lowest BCUT2D eigenvalue weighted by atomic mass is 10.1. The molecule has 1 aromatic carbocycles. The largest absolute Gasteiger partial charge is 0.573 e. The molecule has 2 aliphatic heterocycles. The maximum Gasteiger partial charge on any atom is 0.573 e. The van der Waals surface area contributed by atoms with Crippen molar-refractivity contribution in [3.63, 3.8) is 0 Å². The number of anilines is 1. The van der Waals surface area contributed by atoms with Crippen LogP contribution in [0.5, 0.6) is 5.75 Å². The molecule has 2 aliphatic rings. The number of fused-ring (bicyclic) bond motifs is 1. The molecule has 0 radical (unpaired) electrons. The summed E-state index contributed by atoms with van der Waals surface area (Å²) in [5.74, 6) is 0.0471. The molecule has 4 rings (SSSR count). The quantitative estimate of drug-likeness (QED) is 0.687. The van der Waals surface area contributed by atoms with Crippen LogP contribution in [-0.4, -0.2) is 66.8 Å². The first-order chi connectivity index (χ1) is 14.8. The Morgan fingerprint density at radius 3 is 2.81 bits per heavy atom. The predicted molar refractivity (Wildman–Crippen MR) is 111 cm³/mol. The number of halogens is 3. The van der Waals surface area contributed by atoms with Gasteiger partial charge in [-0.15, -0.1) is 24.9 Å². The van der Waals surface area contributed by atoms with E-state index >= 15 is 0 Å². The molecule has 0 bridgehead atoms. The highest BCUT2D eigenvalue weighted by molar-refractivity contribution is 8.00. The zero-order chi connectivity index (χ0) is 22.0. The normalized spacial score (nSPS) is 19.9. The smallest absolute Gasteiger partial charge is 0.404 e. The van der Waals surface area contributed by atoms with E-state index in [0.717, 1.165) is 35.4 Å². The maximum atomic E-state index is 12.7. The lowest BCUT2D eigenvalue weighted by Crippen LogP contribution is -2.48. The van der Waals surface area contributed by atoms with Gasteiger partial charge in [0, 0.05) is 36.1 Å². The first-order valence-corrected chi connectivity index (χ1v) is 10.9. The van der Waals surface area contributed by atoms with E-state index in [1.165, 1.54) is 23.9 Å². The van der Waals surface area contributed by atoms with Gasteiger partial charge in [-0.05, 0) is 31.2 Å². The van der Waals surface area contributed by atoms with Crippen molar-refractivity contribution in [3.8, 4) is 17.0 Å². The number of amides is 1. The Bertz CT molecular complexity index is 940. The molecule has 3 heterocycles. The summed E-state index contributed by atoms with van der Waals surface area (Å²) in [6.45, 7) is 5.62. The van der Waals surface area contributed by atoms with Crippen LogP contribution in [0.2, 0.25) is 0 Å². The second-order valence-electron chi connectivity index (χ2n) is 7.40. The second-order valence-corrected chi connectivity index (χ2v) is 8.42. The van der Waals surface area contributed by atoms with E-state index in [1.807, 2.05) is 18.2 Å². The standard InChI is InChI=1S/C21H22F3N3O3S/c1-14-12-29-9-8-26(14)6-7-27-18-10-15(2-5-19(18)31-13-20(27)28)17-4-3-16(11-25-17)30-21(22,23)24/h2-5,10-11,14H,6-9,12-13H2,1H3. The number of ether oxygens (including phenoxy) is 2. The monoisotopic (exact) mass is 453 g/mol. The first-order valence-electron chi connectivity index (χ1n) is 9.91. The Kier molecular flexibility index (Phi) is 6.40. The summed E-state index contributed by atoms with van der Waals surface area (Å²) in [6.07, 6.45) is -3.72. The molecule has 6 nitrogen and oxygen atoms in total. The Morgan fingerprint density at radius 1 is 1.26 bits per heavy atom. The summed E-state index contributed by atoms with van der Waals surface area (Å²) in [5, 5.41) is 0. The van der Waals surface area contributed by atoms with Crippen LogP contribution in [0.3, 0.4) is 0 Å². The summed E-state index contributed by atoms with van der Waals surface area (Å²) in [7, 11) is 0. The summed E-state index contributed by atoms with van der Waals surface area (Å²) in [5.41, 5.74) is 2.02. The van der Waals surface area contributed by atoms with Crippen LogP contribution in [-0.2, 0) is 9.53 Å². The molecule has 2 aromatic rings. The molecule has 1 saturated heterocycles. The molecule has 1 fully saturated rings. The minimum Gasteiger partial charge on any atom is -0.404 e. The molecule has 1 amide bonds. The molecular formula is C21H22F3N3O3S. The van der Waals surface area contributed by atoms with Gasteiger partial charge in [-0.2, -0.15) is 0 Å². The molecule has 0 saturated carbocycles. The fourth-order valence-corrected chi connectivity index (χ4v) is 4.59. The van der Waals surface area contributed by atoms with Crippen LogP contribution in [0.25, 0.3) is 11.3 Å². The third kappa shape index (κ3) is 5.31. The number of alkyl halides is 3. The molecule has 0 N–H and O–H groups in total. The van der Waals surface area contributed by atoms with Crippen molar-refractivity contribution in [1.82, 2.24) is 9.88 Å². The van der Waals surface area contributed by atoms with E-state index in [1.54, 1.807) is 4.90 Å². The summed E-state index contributed by atoms with van der Waals surface area (Å²) >= 11 is 1.49. The van der Waals surface area contributed by atoms with Gasteiger partial charge in [0.2, 0.25) is 5.91 Å². The minimum atomic E-state index is -4.76. The van der Waals surface area contributed by atoms with Crippen molar-refractivity contribution in [1.29, 1.82) is 0 Å². The summed E-state index contributed by atoms with van der Waals surface area (Å²) in [6, 6.07) is 8.65. The van der Waals surface area contributed by atoms with E-state index in [0.29, 0.717) is 37.2 Å². The highest BCUT2D eigenvalue weighted by Crippen LogP contribution is 2.38. The number of pyridine rings is 1. The third-order valence-corrected chi connectivity index (χ3v) is 6.33. The highest BCUT2D eigenvalue weighted by Gasteiger charge is 2.31. The third-order valence-electron chi connectivity index (χ3n) is 5.28. The number of aromatic nitrogens is 1. The zero-order valence-electron chi connectivity index (χ0n) is 16.9.